The summed E-state index contributed by atoms with van der Waals surface area (Å²) in [7, 11) is 0. The van der Waals surface area contributed by atoms with Gasteiger partial charge < -0.3 is 10.0 Å². The predicted molar refractivity (Wildman–Crippen MR) is 72.0 cm³/mol. The van der Waals surface area contributed by atoms with Crippen molar-refractivity contribution in [3.63, 3.8) is 0 Å². The van der Waals surface area contributed by atoms with E-state index in [4.69, 9.17) is 0 Å². The molecule has 0 aromatic heterocycles. The van der Waals surface area contributed by atoms with E-state index in [0.29, 0.717) is 11.3 Å². The van der Waals surface area contributed by atoms with Gasteiger partial charge in [-0.2, -0.15) is 0 Å². The predicted octanol–water partition coefficient (Wildman–Crippen LogP) is 3.05. The minimum Gasteiger partial charge on any atom is -0.393 e. The van der Waals surface area contributed by atoms with Crippen molar-refractivity contribution >= 4 is 0 Å². The highest BCUT2D eigenvalue weighted by atomic mass is 16.3. The third kappa shape index (κ3) is 3.03. The van der Waals surface area contributed by atoms with Crippen molar-refractivity contribution in [2.45, 2.75) is 64.9 Å². The van der Waals surface area contributed by atoms with Gasteiger partial charge in [0.05, 0.1) is 6.10 Å². The Balaban J connectivity index is 1.76. The fraction of sp³-hybridized carbons (Fsp3) is 1.00. The summed E-state index contributed by atoms with van der Waals surface area (Å²) in [5.41, 5.74) is 0.632. The second kappa shape index (κ2) is 5.71. The van der Waals surface area contributed by atoms with E-state index in [2.05, 4.69) is 18.7 Å². The maximum absolute atomic E-state index is 9.87. The molecule has 0 aromatic rings. The number of aliphatic hydroxyl groups excluding tert-OH is 1. The third-order valence-electron chi connectivity index (χ3n) is 4.79. The average molecular weight is 239 g/mol. The van der Waals surface area contributed by atoms with Crippen LogP contribution in [-0.2, 0) is 0 Å². The Hall–Kier alpha value is -0.0800. The molecule has 2 heteroatoms. The fourth-order valence-electron chi connectivity index (χ4n) is 4.10. The molecule has 2 unspecified atom stereocenters. The van der Waals surface area contributed by atoms with Gasteiger partial charge in [0.2, 0.25) is 0 Å². The zero-order chi connectivity index (χ0) is 12.3. The maximum atomic E-state index is 9.87. The second-order valence-electron chi connectivity index (χ2n) is 6.43. The standard InChI is InChI=1S/C15H29NO/c1-3-8-15(9-4-2)11-16(12-15)10-13-6-5-7-14(13)17/h13-14,17H,3-12H2,1-2H3. The molecule has 1 N–H and O–H groups in total. The van der Waals surface area contributed by atoms with Gasteiger partial charge in [-0.1, -0.05) is 33.1 Å². The lowest BCUT2D eigenvalue weighted by atomic mass is 9.72. The Morgan fingerprint density at radius 3 is 2.24 bits per heavy atom. The molecule has 0 amide bonds. The fourth-order valence-corrected chi connectivity index (χ4v) is 4.10. The SMILES string of the molecule is CCCC1(CCC)CN(CC2CCCC2O)C1. The monoisotopic (exact) mass is 239 g/mol. The van der Waals surface area contributed by atoms with Crippen LogP contribution in [0, 0.1) is 11.3 Å². The summed E-state index contributed by atoms with van der Waals surface area (Å²) in [5, 5.41) is 9.87. The quantitative estimate of drug-likeness (QED) is 0.770. The summed E-state index contributed by atoms with van der Waals surface area (Å²) in [6, 6.07) is 0. The molecular formula is C15H29NO. The van der Waals surface area contributed by atoms with Gasteiger partial charge in [-0.15, -0.1) is 0 Å². The van der Waals surface area contributed by atoms with E-state index < -0.39 is 0 Å². The maximum Gasteiger partial charge on any atom is 0.0580 e. The zero-order valence-corrected chi connectivity index (χ0v) is 11.6. The molecule has 1 heterocycles. The topological polar surface area (TPSA) is 23.5 Å². The Bertz CT molecular complexity index is 227. The lowest BCUT2D eigenvalue weighted by Crippen LogP contribution is -2.57. The minimum absolute atomic E-state index is 0.0117. The molecule has 1 aliphatic carbocycles. The first kappa shape index (κ1) is 13.4. The average Bonchev–Trinajstić information content (AvgIpc) is 2.63. The highest BCUT2D eigenvalue weighted by Gasteiger charge is 2.42. The van der Waals surface area contributed by atoms with Crippen LogP contribution in [0.5, 0.6) is 0 Å². The number of nitrogens with zero attached hydrogens (tertiary/aromatic N) is 1. The van der Waals surface area contributed by atoms with Crippen molar-refractivity contribution < 1.29 is 5.11 Å². The summed E-state index contributed by atoms with van der Waals surface area (Å²) < 4.78 is 0. The highest BCUT2D eigenvalue weighted by Crippen LogP contribution is 2.40. The van der Waals surface area contributed by atoms with Crippen molar-refractivity contribution in [1.82, 2.24) is 4.90 Å². The molecule has 17 heavy (non-hydrogen) atoms. The van der Waals surface area contributed by atoms with E-state index >= 15 is 0 Å². The van der Waals surface area contributed by atoms with Crippen molar-refractivity contribution in [3.05, 3.63) is 0 Å². The van der Waals surface area contributed by atoms with Crippen molar-refractivity contribution in [3.8, 4) is 0 Å². The molecule has 2 fully saturated rings. The van der Waals surface area contributed by atoms with Gasteiger partial charge in [0, 0.05) is 19.6 Å². The molecular weight excluding hydrogens is 210 g/mol. The molecule has 2 nitrogen and oxygen atoms in total. The molecule has 1 saturated carbocycles. The first-order valence-corrected chi connectivity index (χ1v) is 7.59. The normalized spacial score (nSPS) is 32.6. The Morgan fingerprint density at radius 2 is 1.76 bits per heavy atom. The zero-order valence-electron chi connectivity index (χ0n) is 11.6. The molecule has 0 aromatic carbocycles. The Morgan fingerprint density at radius 1 is 1.12 bits per heavy atom. The molecule has 0 bridgehead atoms. The number of aliphatic hydroxyl groups is 1. The summed E-state index contributed by atoms with van der Waals surface area (Å²) in [6.45, 7) is 8.34. The van der Waals surface area contributed by atoms with Crippen LogP contribution >= 0.6 is 0 Å². The highest BCUT2D eigenvalue weighted by molar-refractivity contribution is 4.95. The lowest BCUT2D eigenvalue weighted by molar-refractivity contribution is -0.0343. The van der Waals surface area contributed by atoms with Crippen LogP contribution in [0.2, 0.25) is 0 Å². The third-order valence-corrected chi connectivity index (χ3v) is 4.79. The Kier molecular flexibility index (Phi) is 4.48. The van der Waals surface area contributed by atoms with E-state index in [1.54, 1.807) is 0 Å². The summed E-state index contributed by atoms with van der Waals surface area (Å²) in [5.74, 6) is 0.566. The van der Waals surface area contributed by atoms with Gasteiger partial charge in [-0.3, -0.25) is 0 Å². The van der Waals surface area contributed by atoms with Crippen molar-refractivity contribution in [2.24, 2.45) is 11.3 Å². The van der Waals surface area contributed by atoms with Crippen molar-refractivity contribution in [1.29, 1.82) is 0 Å². The number of hydrogen-bond donors (Lipinski definition) is 1. The van der Waals surface area contributed by atoms with Crippen LogP contribution in [0.4, 0.5) is 0 Å². The van der Waals surface area contributed by atoms with E-state index in [1.807, 2.05) is 0 Å². The van der Waals surface area contributed by atoms with Crippen LogP contribution in [0.1, 0.15) is 58.8 Å². The van der Waals surface area contributed by atoms with Gasteiger partial charge in [0.15, 0.2) is 0 Å². The van der Waals surface area contributed by atoms with Crippen LogP contribution in [-0.4, -0.2) is 35.7 Å². The summed E-state index contributed by atoms with van der Waals surface area (Å²) in [4.78, 5) is 2.59. The molecule has 2 aliphatic rings. The van der Waals surface area contributed by atoms with Gasteiger partial charge in [-0.25, -0.2) is 0 Å². The molecule has 2 atom stereocenters. The molecule has 1 saturated heterocycles. The van der Waals surface area contributed by atoms with Gasteiger partial charge in [0.25, 0.3) is 0 Å². The molecule has 1 aliphatic heterocycles. The van der Waals surface area contributed by atoms with Gasteiger partial charge in [0.1, 0.15) is 0 Å². The van der Waals surface area contributed by atoms with E-state index in [1.165, 1.54) is 51.6 Å². The van der Waals surface area contributed by atoms with Crippen molar-refractivity contribution in [2.75, 3.05) is 19.6 Å². The van der Waals surface area contributed by atoms with Crippen LogP contribution in [0.25, 0.3) is 0 Å². The summed E-state index contributed by atoms with van der Waals surface area (Å²) >= 11 is 0. The largest absolute Gasteiger partial charge is 0.393 e. The van der Waals surface area contributed by atoms with Crippen LogP contribution in [0.3, 0.4) is 0 Å². The second-order valence-corrected chi connectivity index (χ2v) is 6.43. The van der Waals surface area contributed by atoms with Gasteiger partial charge >= 0.3 is 0 Å². The minimum atomic E-state index is -0.0117. The van der Waals surface area contributed by atoms with E-state index in [-0.39, 0.29) is 6.10 Å². The molecule has 2 rings (SSSR count). The first-order valence-electron chi connectivity index (χ1n) is 7.59. The smallest absolute Gasteiger partial charge is 0.0580 e. The summed E-state index contributed by atoms with van der Waals surface area (Å²) in [6.07, 6.45) is 8.92. The molecule has 0 spiro atoms. The lowest BCUT2D eigenvalue weighted by Gasteiger charge is -2.52. The van der Waals surface area contributed by atoms with Gasteiger partial charge in [-0.05, 0) is 37.0 Å². The molecule has 0 radical (unpaired) electrons. The Labute approximate surface area is 106 Å². The molecule has 100 valence electrons. The number of likely N-dealkylation sites (tertiary alicyclic amines) is 1. The van der Waals surface area contributed by atoms with E-state index in [9.17, 15) is 5.11 Å². The van der Waals surface area contributed by atoms with E-state index in [0.717, 1.165) is 13.0 Å². The first-order chi connectivity index (χ1) is 8.19. The number of rotatable bonds is 6. The number of hydrogen-bond acceptors (Lipinski definition) is 2. The van der Waals surface area contributed by atoms with Crippen LogP contribution < -0.4 is 0 Å². The van der Waals surface area contributed by atoms with Crippen LogP contribution in [0.15, 0.2) is 0 Å².